The molecule has 1 aromatic carbocycles. The SMILES string of the molecule is Cc1ccc(C(=O)NCCC(=O)NC(C)C)c(N)c1. The molecule has 1 rings (SSSR count). The van der Waals surface area contributed by atoms with E-state index in [0.717, 1.165) is 5.56 Å². The molecule has 0 fully saturated rings. The van der Waals surface area contributed by atoms with E-state index in [9.17, 15) is 9.59 Å². The van der Waals surface area contributed by atoms with Crippen LogP contribution in [0.4, 0.5) is 5.69 Å². The van der Waals surface area contributed by atoms with Crippen molar-refractivity contribution in [3.05, 3.63) is 29.3 Å². The van der Waals surface area contributed by atoms with Gasteiger partial charge in [0, 0.05) is 24.7 Å². The first-order valence-corrected chi connectivity index (χ1v) is 6.34. The van der Waals surface area contributed by atoms with Crippen LogP contribution >= 0.6 is 0 Å². The molecule has 0 aliphatic heterocycles. The van der Waals surface area contributed by atoms with Gasteiger partial charge < -0.3 is 16.4 Å². The van der Waals surface area contributed by atoms with Crippen LogP contribution in [0.1, 0.15) is 36.2 Å². The number of nitrogens with one attached hydrogen (secondary N) is 2. The Hall–Kier alpha value is -2.04. The average molecular weight is 263 g/mol. The highest BCUT2D eigenvalue weighted by Crippen LogP contribution is 2.13. The fourth-order valence-corrected chi connectivity index (χ4v) is 1.67. The van der Waals surface area contributed by atoms with E-state index in [1.54, 1.807) is 12.1 Å². The lowest BCUT2D eigenvalue weighted by molar-refractivity contribution is -0.121. The Morgan fingerprint density at radius 2 is 2.00 bits per heavy atom. The van der Waals surface area contributed by atoms with E-state index in [-0.39, 0.29) is 24.3 Å². The molecule has 2 amide bonds. The molecule has 0 saturated heterocycles. The second-order valence-electron chi connectivity index (χ2n) is 4.82. The summed E-state index contributed by atoms with van der Waals surface area (Å²) in [4.78, 5) is 23.3. The van der Waals surface area contributed by atoms with Gasteiger partial charge in [-0.15, -0.1) is 0 Å². The summed E-state index contributed by atoms with van der Waals surface area (Å²) in [6, 6.07) is 5.38. The summed E-state index contributed by atoms with van der Waals surface area (Å²) in [5.74, 6) is -0.331. The van der Waals surface area contributed by atoms with Gasteiger partial charge in [-0.05, 0) is 38.5 Å². The number of carbonyl (C=O) groups is 2. The first-order valence-electron chi connectivity index (χ1n) is 6.34. The standard InChI is InChI=1S/C14H21N3O2/c1-9(2)17-13(18)6-7-16-14(19)11-5-4-10(3)8-12(11)15/h4-5,8-9H,6-7,15H2,1-3H3,(H,16,19)(H,17,18). The summed E-state index contributed by atoms with van der Waals surface area (Å²) in [6.07, 6.45) is 0.260. The van der Waals surface area contributed by atoms with E-state index in [0.29, 0.717) is 17.8 Å². The van der Waals surface area contributed by atoms with Gasteiger partial charge in [0.05, 0.1) is 5.56 Å². The molecule has 5 nitrogen and oxygen atoms in total. The van der Waals surface area contributed by atoms with Crippen LogP contribution in [0.3, 0.4) is 0 Å². The Bertz CT molecular complexity index is 470. The van der Waals surface area contributed by atoms with Crippen molar-refractivity contribution in [2.24, 2.45) is 0 Å². The Morgan fingerprint density at radius 1 is 1.32 bits per heavy atom. The van der Waals surface area contributed by atoms with Crippen molar-refractivity contribution < 1.29 is 9.59 Å². The van der Waals surface area contributed by atoms with E-state index in [1.807, 2.05) is 26.8 Å². The van der Waals surface area contributed by atoms with E-state index in [2.05, 4.69) is 10.6 Å². The average Bonchev–Trinajstić information content (AvgIpc) is 2.27. The molecule has 0 atom stereocenters. The first-order chi connectivity index (χ1) is 8.90. The maximum absolute atomic E-state index is 11.9. The first kappa shape index (κ1) is 15.0. The predicted octanol–water partition coefficient (Wildman–Crippen LogP) is 1.22. The van der Waals surface area contributed by atoms with Crippen LogP contribution in [0, 0.1) is 6.92 Å². The minimum atomic E-state index is -0.255. The van der Waals surface area contributed by atoms with Crippen LogP contribution in [-0.4, -0.2) is 24.4 Å². The highest BCUT2D eigenvalue weighted by molar-refractivity contribution is 5.99. The molecule has 0 radical (unpaired) electrons. The number of nitrogens with two attached hydrogens (primary N) is 1. The van der Waals surface area contributed by atoms with Crippen molar-refractivity contribution in [3.63, 3.8) is 0 Å². The molecular weight excluding hydrogens is 242 g/mol. The second-order valence-corrected chi connectivity index (χ2v) is 4.82. The number of hydrogen-bond donors (Lipinski definition) is 3. The van der Waals surface area contributed by atoms with Gasteiger partial charge in [-0.1, -0.05) is 6.07 Å². The Balaban J connectivity index is 2.45. The zero-order valence-corrected chi connectivity index (χ0v) is 11.6. The van der Waals surface area contributed by atoms with Crippen molar-refractivity contribution in [3.8, 4) is 0 Å². The van der Waals surface area contributed by atoms with Crippen LogP contribution in [0.15, 0.2) is 18.2 Å². The fraction of sp³-hybridized carbons (Fsp3) is 0.429. The van der Waals surface area contributed by atoms with Gasteiger partial charge in [-0.2, -0.15) is 0 Å². The van der Waals surface area contributed by atoms with Crippen LogP contribution in [0.5, 0.6) is 0 Å². The number of aryl methyl sites for hydroxylation is 1. The summed E-state index contributed by atoms with van der Waals surface area (Å²) in [6.45, 7) is 5.99. The lowest BCUT2D eigenvalue weighted by atomic mass is 10.1. The molecular formula is C14H21N3O2. The summed E-state index contributed by atoms with van der Waals surface area (Å²) >= 11 is 0. The third-order valence-electron chi connectivity index (χ3n) is 2.54. The molecule has 1 aromatic rings. The van der Waals surface area contributed by atoms with E-state index in [4.69, 9.17) is 5.73 Å². The number of anilines is 1. The predicted molar refractivity (Wildman–Crippen MR) is 75.8 cm³/mol. The second kappa shape index (κ2) is 6.78. The maximum Gasteiger partial charge on any atom is 0.253 e. The summed E-state index contributed by atoms with van der Waals surface area (Å²) in [5, 5.41) is 5.44. The van der Waals surface area contributed by atoms with Gasteiger partial charge in [0.1, 0.15) is 0 Å². The number of rotatable bonds is 5. The Morgan fingerprint density at radius 3 is 2.58 bits per heavy atom. The van der Waals surface area contributed by atoms with Gasteiger partial charge in [0.2, 0.25) is 5.91 Å². The quantitative estimate of drug-likeness (QED) is 0.698. The lowest BCUT2D eigenvalue weighted by Gasteiger charge is -2.10. The molecule has 0 aliphatic carbocycles. The van der Waals surface area contributed by atoms with E-state index < -0.39 is 0 Å². The smallest absolute Gasteiger partial charge is 0.253 e. The van der Waals surface area contributed by atoms with Gasteiger partial charge in [0.25, 0.3) is 5.91 Å². The third kappa shape index (κ3) is 4.99. The molecule has 0 unspecified atom stereocenters. The Kier molecular flexibility index (Phi) is 5.36. The molecule has 0 aromatic heterocycles. The normalized spacial score (nSPS) is 10.3. The number of benzene rings is 1. The third-order valence-corrected chi connectivity index (χ3v) is 2.54. The topological polar surface area (TPSA) is 84.2 Å². The van der Waals surface area contributed by atoms with Crippen molar-refractivity contribution in [2.45, 2.75) is 33.2 Å². The van der Waals surface area contributed by atoms with Crippen LogP contribution in [0.25, 0.3) is 0 Å². The van der Waals surface area contributed by atoms with Crippen molar-refractivity contribution in [1.29, 1.82) is 0 Å². The minimum absolute atomic E-state index is 0.0767. The van der Waals surface area contributed by atoms with E-state index in [1.165, 1.54) is 0 Å². The monoisotopic (exact) mass is 263 g/mol. The molecule has 0 aliphatic rings. The molecule has 104 valence electrons. The highest BCUT2D eigenvalue weighted by Gasteiger charge is 2.10. The molecule has 19 heavy (non-hydrogen) atoms. The van der Waals surface area contributed by atoms with Crippen LogP contribution in [-0.2, 0) is 4.79 Å². The molecule has 0 heterocycles. The highest BCUT2D eigenvalue weighted by atomic mass is 16.2. The van der Waals surface area contributed by atoms with Gasteiger partial charge in [-0.3, -0.25) is 9.59 Å². The molecule has 0 saturated carbocycles. The zero-order chi connectivity index (χ0) is 14.4. The van der Waals surface area contributed by atoms with E-state index >= 15 is 0 Å². The minimum Gasteiger partial charge on any atom is -0.398 e. The fourth-order valence-electron chi connectivity index (χ4n) is 1.67. The maximum atomic E-state index is 11.9. The van der Waals surface area contributed by atoms with Crippen LogP contribution < -0.4 is 16.4 Å². The number of amides is 2. The number of nitrogen functional groups attached to an aromatic ring is 1. The summed E-state index contributed by atoms with van der Waals surface area (Å²) in [7, 11) is 0. The Labute approximate surface area is 113 Å². The zero-order valence-electron chi connectivity index (χ0n) is 11.6. The summed E-state index contributed by atoms with van der Waals surface area (Å²) in [5.41, 5.74) is 7.67. The van der Waals surface area contributed by atoms with Crippen molar-refractivity contribution in [2.75, 3.05) is 12.3 Å². The molecule has 0 bridgehead atoms. The lowest BCUT2D eigenvalue weighted by Crippen LogP contribution is -2.34. The van der Waals surface area contributed by atoms with Gasteiger partial charge in [-0.25, -0.2) is 0 Å². The van der Waals surface area contributed by atoms with Crippen molar-refractivity contribution >= 4 is 17.5 Å². The molecule has 4 N–H and O–H groups in total. The van der Waals surface area contributed by atoms with Crippen molar-refractivity contribution in [1.82, 2.24) is 10.6 Å². The molecule has 0 spiro atoms. The van der Waals surface area contributed by atoms with Crippen LogP contribution in [0.2, 0.25) is 0 Å². The largest absolute Gasteiger partial charge is 0.398 e. The number of hydrogen-bond acceptors (Lipinski definition) is 3. The van der Waals surface area contributed by atoms with Gasteiger partial charge in [0.15, 0.2) is 0 Å². The van der Waals surface area contributed by atoms with Gasteiger partial charge >= 0.3 is 0 Å². The molecule has 5 heteroatoms. The number of carbonyl (C=O) groups excluding carboxylic acids is 2. The summed E-state index contributed by atoms with van der Waals surface area (Å²) < 4.78 is 0.